The van der Waals surface area contributed by atoms with Crippen LogP contribution >= 0.6 is 11.3 Å². The van der Waals surface area contributed by atoms with E-state index < -0.39 is 11.7 Å². The first-order valence-corrected chi connectivity index (χ1v) is 9.30. The molecule has 1 amide bonds. The number of carbonyl (C=O) groups excluding carboxylic acids is 1. The van der Waals surface area contributed by atoms with E-state index in [0.29, 0.717) is 38.3 Å². The van der Waals surface area contributed by atoms with Crippen LogP contribution in [0.15, 0.2) is 30.3 Å². The third-order valence-corrected chi connectivity index (χ3v) is 5.84. The Kier molecular flexibility index (Phi) is 5.39. The molecule has 0 spiro atoms. The Labute approximate surface area is 155 Å². The lowest BCUT2D eigenvalue weighted by Crippen LogP contribution is -2.48. The van der Waals surface area contributed by atoms with Crippen molar-refractivity contribution < 1.29 is 18.0 Å². The molecule has 1 aromatic heterocycles. The molecule has 1 fully saturated rings. The topological polar surface area (TPSA) is 23.6 Å². The van der Waals surface area contributed by atoms with Crippen molar-refractivity contribution in [3.8, 4) is 0 Å². The number of aryl methyl sites for hydroxylation is 2. The molecule has 0 saturated carbocycles. The molecule has 2 aromatic rings. The van der Waals surface area contributed by atoms with E-state index in [2.05, 4.69) is 4.90 Å². The molecule has 0 atom stereocenters. The summed E-state index contributed by atoms with van der Waals surface area (Å²) < 4.78 is 38.5. The van der Waals surface area contributed by atoms with Crippen LogP contribution in [0.3, 0.4) is 0 Å². The number of piperazine rings is 1. The molecule has 3 nitrogen and oxygen atoms in total. The second-order valence-corrected chi connectivity index (χ2v) is 7.87. The maximum Gasteiger partial charge on any atom is 0.416 e. The standard InChI is InChI=1S/C19H21F3N2OS/c1-13-10-17(26-14(13)2)18(25)24-8-6-23(7-9-24)12-15-4-3-5-16(11-15)19(20,21)22/h3-5,10-11H,6-9,12H2,1-2H3. The summed E-state index contributed by atoms with van der Waals surface area (Å²) in [6.07, 6.45) is -4.32. The third kappa shape index (κ3) is 4.27. The number of hydrogen-bond acceptors (Lipinski definition) is 3. The van der Waals surface area contributed by atoms with Crippen LogP contribution in [-0.2, 0) is 12.7 Å². The summed E-state index contributed by atoms with van der Waals surface area (Å²) >= 11 is 1.51. The van der Waals surface area contributed by atoms with Gasteiger partial charge in [-0.2, -0.15) is 13.2 Å². The number of carbonyl (C=O) groups is 1. The van der Waals surface area contributed by atoms with Crippen molar-refractivity contribution in [2.45, 2.75) is 26.6 Å². The summed E-state index contributed by atoms with van der Waals surface area (Å²) in [6, 6.07) is 7.38. The maximum absolute atomic E-state index is 12.8. The molecule has 0 N–H and O–H groups in total. The summed E-state index contributed by atoms with van der Waals surface area (Å²) in [5, 5.41) is 0. The first kappa shape index (κ1) is 18.9. The molecule has 3 rings (SSSR count). The lowest BCUT2D eigenvalue weighted by molar-refractivity contribution is -0.137. The quantitative estimate of drug-likeness (QED) is 0.788. The van der Waals surface area contributed by atoms with Crippen LogP contribution in [0.4, 0.5) is 13.2 Å². The normalized spacial score (nSPS) is 16.1. The van der Waals surface area contributed by atoms with E-state index in [0.717, 1.165) is 21.4 Å². The number of halogens is 3. The van der Waals surface area contributed by atoms with Gasteiger partial charge in [0, 0.05) is 37.6 Å². The molecule has 1 aromatic carbocycles. The van der Waals surface area contributed by atoms with Crippen LogP contribution in [0, 0.1) is 13.8 Å². The van der Waals surface area contributed by atoms with Gasteiger partial charge < -0.3 is 4.90 Å². The van der Waals surface area contributed by atoms with Crippen molar-refractivity contribution in [1.82, 2.24) is 9.80 Å². The Morgan fingerprint density at radius 2 is 1.81 bits per heavy atom. The van der Waals surface area contributed by atoms with E-state index in [1.54, 1.807) is 6.07 Å². The van der Waals surface area contributed by atoms with Crippen LogP contribution in [0.1, 0.15) is 31.2 Å². The summed E-state index contributed by atoms with van der Waals surface area (Å²) in [7, 11) is 0. The van der Waals surface area contributed by atoms with Gasteiger partial charge >= 0.3 is 6.18 Å². The minimum atomic E-state index is -4.32. The Bertz CT molecular complexity index is 773. The second kappa shape index (κ2) is 7.40. The average molecular weight is 382 g/mol. The van der Waals surface area contributed by atoms with Crippen molar-refractivity contribution in [2.75, 3.05) is 26.2 Å². The van der Waals surface area contributed by atoms with E-state index in [9.17, 15) is 18.0 Å². The summed E-state index contributed by atoms with van der Waals surface area (Å²) in [5.41, 5.74) is 1.15. The van der Waals surface area contributed by atoms with Crippen molar-refractivity contribution in [3.05, 3.63) is 56.8 Å². The van der Waals surface area contributed by atoms with Gasteiger partial charge in [-0.05, 0) is 37.1 Å². The summed E-state index contributed by atoms with van der Waals surface area (Å²) in [6.45, 7) is 6.96. The first-order valence-electron chi connectivity index (χ1n) is 8.49. The zero-order chi connectivity index (χ0) is 18.9. The second-order valence-electron chi connectivity index (χ2n) is 6.62. The van der Waals surface area contributed by atoms with Gasteiger partial charge in [-0.1, -0.05) is 18.2 Å². The fourth-order valence-electron chi connectivity index (χ4n) is 3.05. The van der Waals surface area contributed by atoms with Gasteiger partial charge in [-0.25, -0.2) is 0 Å². The Morgan fingerprint density at radius 3 is 2.38 bits per heavy atom. The van der Waals surface area contributed by atoms with Gasteiger partial charge in [-0.15, -0.1) is 11.3 Å². The van der Waals surface area contributed by atoms with E-state index in [4.69, 9.17) is 0 Å². The zero-order valence-electron chi connectivity index (χ0n) is 14.8. The zero-order valence-corrected chi connectivity index (χ0v) is 15.6. The Balaban J connectivity index is 1.58. The number of hydrogen-bond donors (Lipinski definition) is 0. The smallest absolute Gasteiger partial charge is 0.335 e. The number of alkyl halides is 3. The molecular weight excluding hydrogens is 361 g/mol. The predicted octanol–water partition coefficient (Wildman–Crippen LogP) is 4.34. The van der Waals surface area contributed by atoms with Gasteiger partial charge in [0.05, 0.1) is 10.4 Å². The van der Waals surface area contributed by atoms with Crippen molar-refractivity contribution in [2.24, 2.45) is 0 Å². The van der Waals surface area contributed by atoms with E-state index in [-0.39, 0.29) is 5.91 Å². The largest absolute Gasteiger partial charge is 0.416 e. The lowest BCUT2D eigenvalue weighted by Gasteiger charge is -2.34. The molecular formula is C19H21F3N2OS. The Morgan fingerprint density at radius 1 is 1.12 bits per heavy atom. The van der Waals surface area contributed by atoms with Gasteiger partial charge in [0.1, 0.15) is 0 Å². The van der Waals surface area contributed by atoms with Crippen LogP contribution in [-0.4, -0.2) is 41.9 Å². The van der Waals surface area contributed by atoms with Crippen LogP contribution < -0.4 is 0 Å². The first-order chi connectivity index (χ1) is 12.2. The molecule has 0 radical (unpaired) electrons. The lowest BCUT2D eigenvalue weighted by atomic mass is 10.1. The SMILES string of the molecule is Cc1cc(C(=O)N2CCN(Cc3cccc(C(F)(F)F)c3)CC2)sc1C. The molecule has 140 valence electrons. The Hall–Kier alpha value is -1.86. The van der Waals surface area contributed by atoms with Crippen molar-refractivity contribution in [1.29, 1.82) is 0 Å². The summed E-state index contributed by atoms with van der Waals surface area (Å²) in [5.74, 6) is 0.0462. The highest BCUT2D eigenvalue weighted by molar-refractivity contribution is 7.14. The number of thiophene rings is 1. The van der Waals surface area contributed by atoms with Crippen molar-refractivity contribution >= 4 is 17.2 Å². The van der Waals surface area contributed by atoms with Gasteiger partial charge in [0.15, 0.2) is 0 Å². The molecule has 0 unspecified atom stereocenters. The fourth-order valence-corrected chi connectivity index (χ4v) is 4.05. The number of benzene rings is 1. The molecule has 1 saturated heterocycles. The third-order valence-electron chi connectivity index (χ3n) is 4.70. The molecule has 1 aliphatic heterocycles. The highest BCUT2D eigenvalue weighted by atomic mass is 32.1. The molecule has 7 heteroatoms. The number of rotatable bonds is 3. The number of amides is 1. The predicted molar refractivity (Wildman–Crippen MR) is 96.4 cm³/mol. The summed E-state index contributed by atoms with van der Waals surface area (Å²) in [4.78, 5) is 18.4. The highest BCUT2D eigenvalue weighted by Crippen LogP contribution is 2.30. The van der Waals surface area contributed by atoms with Crippen LogP contribution in [0.2, 0.25) is 0 Å². The molecule has 0 aliphatic carbocycles. The van der Waals surface area contributed by atoms with Crippen LogP contribution in [0.5, 0.6) is 0 Å². The number of nitrogens with zero attached hydrogens (tertiary/aromatic N) is 2. The molecule has 0 bridgehead atoms. The minimum absolute atomic E-state index is 0.0462. The fraction of sp³-hybridized carbons (Fsp3) is 0.421. The van der Waals surface area contributed by atoms with E-state index >= 15 is 0 Å². The maximum atomic E-state index is 12.8. The van der Waals surface area contributed by atoms with E-state index in [1.807, 2.05) is 24.8 Å². The monoisotopic (exact) mass is 382 g/mol. The molecule has 26 heavy (non-hydrogen) atoms. The van der Waals surface area contributed by atoms with Gasteiger partial charge in [-0.3, -0.25) is 9.69 Å². The minimum Gasteiger partial charge on any atom is -0.335 e. The molecule has 1 aliphatic rings. The average Bonchev–Trinajstić information content (AvgIpc) is 2.93. The van der Waals surface area contributed by atoms with E-state index in [1.165, 1.54) is 23.5 Å². The molecule has 2 heterocycles. The van der Waals surface area contributed by atoms with Crippen molar-refractivity contribution in [3.63, 3.8) is 0 Å². The van der Waals surface area contributed by atoms with Gasteiger partial charge in [0.25, 0.3) is 5.91 Å². The highest BCUT2D eigenvalue weighted by Gasteiger charge is 2.30. The van der Waals surface area contributed by atoms with Gasteiger partial charge in [0.2, 0.25) is 0 Å². The van der Waals surface area contributed by atoms with Crippen LogP contribution in [0.25, 0.3) is 0 Å².